The Bertz CT molecular complexity index is 1300. The fourth-order valence-corrected chi connectivity index (χ4v) is 5.81. The van der Waals surface area contributed by atoms with Crippen LogP contribution in [-0.2, 0) is 4.79 Å². The number of nitrogens with two attached hydrogens (primary N) is 1. The molecule has 0 unspecified atom stereocenters. The van der Waals surface area contributed by atoms with E-state index < -0.39 is 0 Å². The molecule has 7 nitrogen and oxygen atoms in total. The van der Waals surface area contributed by atoms with Crippen molar-refractivity contribution in [3.05, 3.63) is 76.8 Å². The van der Waals surface area contributed by atoms with Gasteiger partial charge in [-0.3, -0.25) is 14.6 Å². The van der Waals surface area contributed by atoms with Crippen LogP contribution in [0.15, 0.2) is 66.7 Å². The highest BCUT2D eigenvalue weighted by atomic mass is 35.5. The van der Waals surface area contributed by atoms with Gasteiger partial charge in [-0.05, 0) is 66.4 Å². The van der Waals surface area contributed by atoms with Crippen LogP contribution in [-0.4, -0.2) is 60.5 Å². The molecule has 5 rings (SSSR count). The van der Waals surface area contributed by atoms with Crippen molar-refractivity contribution in [3.63, 3.8) is 0 Å². The molecule has 0 aliphatic carbocycles. The summed E-state index contributed by atoms with van der Waals surface area (Å²) in [7, 11) is 0. The SMILES string of the molecule is Nc1cccc(-c2ccc(N(CCN3CC[C@@H](N4CCCC4=O)C3)C(=O)Nc3cc(Cl)cc(Cl)c3)cc2)c1. The van der Waals surface area contributed by atoms with Gasteiger partial charge in [0, 0.05) is 72.3 Å². The molecule has 1 atom stereocenters. The fourth-order valence-electron chi connectivity index (χ4n) is 5.28. The van der Waals surface area contributed by atoms with Crippen molar-refractivity contribution in [1.29, 1.82) is 0 Å². The Hall–Kier alpha value is -3.26. The van der Waals surface area contributed by atoms with Crippen molar-refractivity contribution in [3.8, 4) is 11.1 Å². The van der Waals surface area contributed by atoms with Gasteiger partial charge in [0.05, 0.1) is 0 Å². The van der Waals surface area contributed by atoms with Crippen LogP contribution in [0.3, 0.4) is 0 Å². The summed E-state index contributed by atoms with van der Waals surface area (Å²) < 4.78 is 0. The Labute approximate surface area is 233 Å². The van der Waals surface area contributed by atoms with E-state index in [2.05, 4.69) is 10.2 Å². The molecular weight excluding hydrogens is 521 g/mol. The molecule has 3 N–H and O–H groups in total. The van der Waals surface area contributed by atoms with E-state index in [1.54, 1.807) is 23.1 Å². The molecule has 2 aliphatic heterocycles. The number of rotatable bonds is 7. The van der Waals surface area contributed by atoms with Gasteiger partial charge in [0.2, 0.25) is 5.91 Å². The number of hydrogen-bond donors (Lipinski definition) is 2. The number of urea groups is 1. The molecule has 0 spiro atoms. The maximum absolute atomic E-state index is 13.5. The maximum Gasteiger partial charge on any atom is 0.326 e. The number of nitrogen functional groups attached to an aromatic ring is 1. The van der Waals surface area contributed by atoms with Crippen molar-refractivity contribution in [2.75, 3.05) is 48.7 Å². The highest BCUT2D eigenvalue weighted by Crippen LogP contribution is 2.27. The summed E-state index contributed by atoms with van der Waals surface area (Å²) in [6, 6.07) is 20.5. The number of nitrogens with zero attached hydrogens (tertiary/aromatic N) is 3. The number of nitrogens with one attached hydrogen (secondary N) is 1. The van der Waals surface area contributed by atoms with Crippen molar-refractivity contribution < 1.29 is 9.59 Å². The lowest BCUT2D eigenvalue weighted by molar-refractivity contribution is -0.129. The number of carbonyl (C=O) groups excluding carboxylic acids is 2. The summed E-state index contributed by atoms with van der Waals surface area (Å²) in [5.74, 6) is 0.262. The molecule has 0 bridgehead atoms. The predicted molar refractivity (Wildman–Crippen MR) is 155 cm³/mol. The van der Waals surface area contributed by atoms with Crippen LogP contribution in [0.5, 0.6) is 0 Å². The molecule has 0 aromatic heterocycles. The van der Waals surface area contributed by atoms with Crippen LogP contribution in [0, 0.1) is 0 Å². The van der Waals surface area contributed by atoms with E-state index in [4.69, 9.17) is 28.9 Å². The molecule has 198 valence electrons. The Morgan fingerprint density at radius 3 is 2.45 bits per heavy atom. The second kappa shape index (κ2) is 11.6. The fraction of sp³-hybridized carbons (Fsp3) is 0.310. The minimum Gasteiger partial charge on any atom is -0.399 e. The minimum atomic E-state index is -0.273. The van der Waals surface area contributed by atoms with Crippen LogP contribution in [0.25, 0.3) is 11.1 Å². The number of carbonyl (C=O) groups is 2. The third kappa shape index (κ3) is 6.23. The van der Waals surface area contributed by atoms with Gasteiger partial charge >= 0.3 is 6.03 Å². The first-order chi connectivity index (χ1) is 18.4. The number of anilines is 3. The second-order valence-corrected chi connectivity index (χ2v) is 10.7. The van der Waals surface area contributed by atoms with Crippen molar-refractivity contribution >= 4 is 52.2 Å². The lowest BCUT2D eigenvalue weighted by Crippen LogP contribution is -2.42. The Balaban J connectivity index is 1.32. The first-order valence-corrected chi connectivity index (χ1v) is 13.6. The van der Waals surface area contributed by atoms with E-state index in [-0.39, 0.29) is 18.0 Å². The lowest BCUT2D eigenvalue weighted by Gasteiger charge is -2.27. The molecule has 2 heterocycles. The standard InChI is InChI=1S/C29H31Cl2N5O2/c30-22-16-23(31)18-25(17-22)33-29(38)36(14-13-34-12-10-27(19-34)35-11-2-5-28(35)37)26-8-6-20(7-9-26)21-3-1-4-24(32)15-21/h1,3-4,6-9,15-18,27H,2,5,10-14,19,32H2,(H,33,38)/t27-/m1/s1. The number of halogens is 2. The lowest BCUT2D eigenvalue weighted by atomic mass is 10.0. The van der Waals surface area contributed by atoms with Crippen molar-refractivity contribution in [2.24, 2.45) is 0 Å². The summed E-state index contributed by atoms with van der Waals surface area (Å²) in [5, 5.41) is 3.84. The minimum absolute atomic E-state index is 0.262. The highest BCUT2D eigenvalue weighted by molar-refractivity contribution is 6.35. The first-order valence-electron chi connectivity index (χ1n) is 12.9. The molecule has 0 radical (unpaired) electrons. The third-order valence-electron chi connectivity index (χ3n) is 7.20. The molecule has 2 fully saturated rings. The Kier molecular flexibility index (Phi) is 8.07. The molecular formula is C29H31Cl2N5O2. The molecule has 2 saturated heterocycles. The number of benzene rings is 3. The van der Waals surface area contributed by atoms with Crippen molar-refractivity contribution in [2.45, 2.75) is 25.3 Å². The second-order valence-electron chi connectivity index (χ2n) is 9.85. The van der Waals surface area contributed by atoms with Gasteiger partial charge in [0.25, 0.3) is 0 Å². The Morgan fingerprint density at radius 2 is 1.76 bits per heavy atom. The van der Waals surface area contributed by atoms with Crippen LogP contribution >= 0.6 is 23.2 Å². The topological polar surface area (TPSA) is 81.9 Å². The van der Waals surface area contributed by atoms with Gasteiger partial charge in [-0.15, -0.1) is 0 Å². The monoisotopic (exact) mass is 551 g/mol. The average molecular weight is 553 g/mol. The predicted octanol–water partition coefficient (Wildman–Crippen LogP) is 5.98. The number of likely N-dealkylation sites (tertiary alicyclic amines) is 2. The van der Waals surface area contributed by atoms with E-state index in [1.165, 1.54) is 0 Å². The van der Waals surface area contributed by atoms with Gasteiger partial charge in [0.15, 0.2) is 0 Å². The summed E-state index contributed by atoms with van der Waals surface area (Å²) in [6.07, 6.45) is 2.57. The smallest absolute Gasteiger partial charge is 0.326 e. The van der Waals surface area contributed by atoms with E-state index in [1.807, 2.05) is 53.4 Å². The van der Waals surface area contributed by atoms with E-state index in [0.29, 0.717) is 40.9 Å². The molecule has 3 amide bonds. The molecule has 38 heavy (non-hydrogen) atoms. The zero-order chi connectivity index (χ0) is 26.6. The number of hydrogen-bond acceptors (Lipinski definition) is 4. The van der Waals surface area contributed by atoms with Gasteiger partial charge in [-0.1, -0.05) is 47.5 Å². The molecule has 9 heteroatoms. The van der Waals surface area contributed by atoms with Gasteiger partial charge in [-0.2, -0.15) is 0 Å². The zero-order valence-corrected chi connectivity index (χ0v) is 22.6. The van der Waals surface area contributed by atoms with E-state index in [0.717, 1.165) is 49.3 Å². The largest absolute Gasteiger partial charge is 0.399 e. The normalized spacial score (nSPS) is 17.7. The molecule has 3 aromatic carbocycles. The van der Waals surface area contributed by atoms with Crippen LogP contribution < -0.4 is 16.0 Å². The summed E-state index contributed by atoms with van der Waals surface area (Å²) in [5.41, 5.74) is 9.99. The zero-order valence-electron chi connectivity index (χ0n) is 21.1. The van der Waals surface area contributed by atoms with Gasteiger partial charge in [-0.25, -0.2) is 4.79 Å². The number of amides is 3. The average Bonchev–Trinajstić information content (AvgIpc) is 3.52. The van der Waals surface area contributed by atoms with E-state index in [9.17, 15) is 9.59 Å². The summed E-state index contributed by atoms with van der Waals surface area (Å²) in [4.78, 5) is 31.8. The molecule has 2 aliphatic rings. The quantitative estimate of drug-likeness (QED) is 0.354. The molecule has 0 saturated carbocycles. The Morgan fingerprint density at radius 1 is 1.00 bits per heavy atom. The van der Waals surface area contributed by atoms with Crippen LogP contribution in [0.1, 0.15) is 19.3 Å². The van der Waals surface area contributed by atoms with Gasteiger partial charge in [0.1, 0.15) is 0 Å². The van der Waals surface area contributed by atoms with Crippen LogP contribution in [0.2, 0.25) is 10.0 Å². The third-order valence-corrected chi connectivity index (χ3v) is 7.63. The van der Waals surface area contributed by atoms with E-state index >= 15 is 0 Å². The molecule has 3 aromatic rings. The first kappa shape index (κ1) is 26.4. The summed E-state index contributed by atoms with van der Waals surface area (Å²) in [6.45, 7) is 3.77. The van der Waals surface area contributed by atoms with Gasteiger partial charge < -0.3 is 16.0 Å². The maximum atomic E-state index is 13.5. The highest BCUT2D eigenvalue weighted by Gasteiger charge is 2.33. The van der Waals surface area contributed by atoms with Crippen molar-refractivity contribution in [1.82, 2.24) is 9.80 Å². The summed E-state index contributed by atoms with van der Waals surface area (Å²) >= 11 is 12.3. The van der Waals surface area contributed by atoms with Crippen LogP contribution in [0.4, 0.5) is 21.9 Å².